The Balaban J connectivity index is 0.00000520. The molecule has 5 aliphatic heterocycles. The van der Waals surface area contributed by atoms with Crippen LogP contribution >= 0.6 is 0 Å². The van der Waals surface area contributed by atoms with Crippen LogP contribution in [0.5, 0.6) is 0 Å². The molecule has 5 saturated heterocycles. The minimum absolute atomic E-state index is 0. The summed E-state index contributed by atoms with van der Waals surface area (Å²) in [6.07, 6.45) is 2.99. The fourth-order valence-corrected chi connectivity index (χ4v) is 9.91. The van der Waals surface area contributed by atoms with Gasteiger partial charge >= 0.3 is 5.97 Å². The van der Waals surface area contributed by atoms with Crippen LogP contribution < -0.4 is 0 Å². The van der Waals surface area contributed by atoms with Crippen LogP contribution in [0.15, 0.2) is 0 Å². The molecular weight excluding hydrogens is 663 g/mol. The van der Waals surface area contributed by atoms with Crippen molar-refractivity contribution in [2.24, 2.45) is 35.5 Å². The number of aliphatic hydroxyl groups excluding tert-OH is 2. The van der Waals surface area contributed by atoms with Gasteiger partial charge in [0.1, 0.15) is 0 Å². The molecule has 0 aromatic heterocycles. The molecule has 1 radical (unpaired) electrons. The van der Waals surface area contributed by atoms with Crippen molar-refractivity contribution in [1.82, 2.24) is 0 Å². The monoisotopic (exact) mass is 725 g/mol. The third-order valence-corrected chi connectivity index (χ3v) is 13.0. The summed E-state index contributed by atoms with van der Waals surface area (Å²) in [5, 5.41) is 41.8. The van der Waals surface area contributed by atoms with Crippen molar-refractivity contribution in [2.75, 3.05) is 13.7 Å². The van der Waals surface area contributed by atoms with Crippen LogP contribution in [0.1, 0.15) is 107 Å². The summed E-state index contributed by atoms with van der Waals surface area (Å²) in [6, 6.07) is 0. The van der Waals surface area contributed by atoms with Gasteiger partial charge in [-0.25, -0.2) is 0 Å². The van der Waals surface area contributed by atoms with Gasteiger partial charge in [-0.2, -0.15) is 0 Å². The Bertz CT molecular complexity index is 1110. The molecule has 5 rings (SSSR count). The van der Waals surface area contributed by atoms with Gasteiger partial charge in [0.05, 0.1) is 66.5 Å². The summed E-state index contributed by atoms with van der Waals surface area (Å²) in [5.41, 5.74) is -1.15. The SMILES string of the molecule is CC[C@@]1([C@@H]2O[C@@H]([C@H]3O[C@@](O)(CO)[C@H](C)C[C@@H]3C)C[C@@H]2C)CC[C@H]([C@]2(C)CC[C@]3(C[C@H](O)[C@@H](C)[C@@H]([C@@H](C)[C@@H](OC)[C@H](C)C(=O)O)O3)O2)O1.[Mn]. The zero-order valence-electron chi connectivity index (χ0n) is 30.4. The van der Waals surface area contributed by atoms with Crippen molar-refractivity contribution in [3.63, 3.8) is 0 Å². The molecule has 279 valence electrons. The Morgan fingerprint density at radius 2 is 1.71 bits per heavy atom. The van der Waals surface area contributed by atoms with Gasteiger partial charge in [-0.3, -0.25) is 4.79 Å². The van der Waals surface area contributed by atoms with Crippen LogP contribution in [-0.4, -0.2) is 106 Å². The van der Waals surface area contributed by atoms with Gasteiger partial charge in [-0.1, -0.05) is 41.5 Å². The number of aliphatic carboxylic acids is 1. The van der Waals surface area contributed by atoms with Crippen molar-refractivity contribution in [3.8, 4) is 0 Å². The third kappa shape index (κ3) is 7.16. The second-order valence-corrected chi connectivity index (χ2v) is 16.3. The fraction of sp³-hybridized carbons (Fsp3) is 0.972. The number of carboxylic acids is 1. The quantitative estimate of drug-likeness (QED) is 0.239. The molecule has 11 nitrogen and oxygen atoms in total. The molecule has 1 spiro atoms. The van der Waals surface area contributed by atoms with E-state index in [4.69, 9.17) is 28.4 Å². The number of aliphatic hydroxyl groups is 3. The molecule has 5 heterocycles. The molecule has 5 fully saturated rings. The van der Waals surface area contributed by atoms with Crippen molar-refractivity contribution < 1.29 is 70.7 Å². The van der Waals surface area contributed by atoms with Crippen LogP contribution in [0, 0.1) is 35.5 Å². The predicted octanol–water partition coefficient (Wildman–Crippen LogP) is 4.27. The van der Waals surface area contributed by atoms with Crippen LogP contribution in [0.2, 0.25) is 0 Å². The van der Waals surface area contributed by atoms with E-state index in [1.54, 1.807) is 6.92 Å². The van der Waals surface area contributed by atoms with E-state index in [0.29, 0.717) is 19.3 Å². The van der Waals surface area contributed by atoms with Gasteiger partial charge in [-0.05, 0) is 64.2 Å². The van der Waals surface area contributed by atoms with E-state index >= 15 is 0 Å². The maximum absolute atomic E-state index is 11.8. The Labute approximate surface area is 297 Å². The van der Waals surface area contributed by atoms with E-state index in [2.05, 4.69) is 27.7 Å². The molecule has 0 aromatic carbocycles. The number of rotatable bonds is 10. The minimum atomic E-state index is -1.56. The van der Waals surface area contributed by atoms with Crippen molar-refractivity contribution in [1.29, 1.82) is 0 Å². The maximum Gasteiger partial charge on any atom is 0.308 e. The molecule has 17 atom stereocenters. The van der Waals surface area contributed by atoms with Gasteiger partial charge in [0.25, 0.3) is 0 Å². The first-order valence-corrected chi connectivity index (χ1v) is 18.1. The molecule has 0 aliphatic carbocycles. The molecule has 0 aromatic rings. The summed E-state index contributed by atoms with van der Waals surface area (Å²) in [5.74, 6) is -4.52. The normalized spacial score (nSPS) is 49.8. The van der Waals surface area contributed by atoms with E-state index in [1.807, 2.05) is 20.8 Å². The summed E-state index contributed by atoms with van der Waals surface area (Å²) >= 11 is 0. The van der Waals surface area contributed by atoms with Gasteiger partial charge in [0.15, 0.2) is 11.6 Å². The molecule has 0 bridgehead atoms. The van der Waals surface area contributed by atoms with Crippen LogP contribution in [-0.2, 0) is 50.3 Å². The molecule has 48 heavy (non-hydrogen) atoms. The first-order valence-electron chi connectivity index (χ1n) is 18.1. The van der Waals surface area contributed by atoms with E-state index < -0.39 is 59.6 Å². The zero-order valence-corrected chi connectivity index (χ0v) is 31.6. The second-order valence-electron chi connectivity index (χ2n) is 16.3. The molecular formula is C36H62MnO11. The topological polar surface area (TPSA) is 153 Å². The number of hydrogen-bond donors (Lipinski definition) is 4. The van der Waals surface area contributed by atoms with Crippen molar-refractivity contribution >= 4 is 5.97 Å². The number of carbonyl (C=O) groups is 1. The first-order chi connectivity index (χ1) is 22.0. The molecule has 4 N–H and O–H groups in total. The number of methoxy groups -OCH3 is 1. The third-order valence-electron chi connectivity index (χ3n) is 13.0. The van der Waals surface area contributed by atoms with Gasteiger partial charge in [0, 0.05) is 54.8 Å². The Morgan fingerprint density at radius 1 is 1.02 bits per heavy atom. The van der Waals surface area contributed by atoms with Crippen LogP contribution in [0.25, 0.3) is 0 Å². The predicted molar refractivity (Wildman–Crippen MR) is 172 cm³/mol. The molecule has 5 aliphatic rings. The smallest absolute Gasteiger partial charge is 0.308 e. The average molecular weight is 726 g/mol. The van der Waals surface area contributed by atoms with E-state index in [9.17, 15) is 25.2 Å². The molecule has 12 heteroatoms. The van der Waals surface area contributed by atoms with E-state index in [1.165, 1.54) is 7.11 Å². The average Bonchev–Trinajstić information content (AvgIpc) is 3.73. The first kappa shape index (κ1) is 40.4. The van der Waals surface area contributed by atoms with E-state index in [-0.39, 0.29) is 71.1 Å². The summed E-state index contributed by atoms with van der Waals surface area (Å²) in [7, 11) is 1.52. The van der Waals surface area contributed by atoms with Gasteiger partial charge in [-0.15, -0.1) is 0 Å². The maximum atomic E-state index is 11.8. The summed E-state index contributed by atoms with van der Waals surface area (Å²) < 4.78 is 39.4. The molecule has 0 unspecified atom stereocenters. The van der Waals surface area contributed by atoms with Crippen LogP contribution in [0.4, 0.5) is 0 Å². The Hall–Kier alpha value is -0.371. The van der Waals surface area contributed by atoms with Crippen molar-refractivity contribution in [2.45, 2.75) is 172 Å². The molecule has 0 amide bonds. The fourth-order valence-electron chi connectivity index (χ4n) is 9.91. The van der Waals surface area contributed by atoms with Gasteiger partial charge in [0.2, 0.25) is 0 Å². The zero-order chi connectivity index (χ0) is 34.7. The Morgan fingerprint density at radius 3 is 2.31 bits per heavy atom. The number of carboxylic acid groups (broad SMARTS) is 1. The minimum Gasteiger partial charge on any atom is -0.481 e. The second kappa shape index (κ2) is 14.9. The van der Waals surface area contributed by atoms with Crippen LogP contribution in [0.3, 0.4) is 0 Å². The van der Waals surface area contributed by atoms with E-state index in [0.717, 1.165) is 32.1 Å². The Kier molecular flexibility index (Phi) is 12.6. The van der Waals surface area contributed by atoms with Gasteiger partial charge < -0.3 is 48.8 Å². The largest absolute Gasteiger partial charge is 0.481 e. The molecule has 0 saturated carbocycles. The van der Waals surface area contributed by atoms with Crippen molar-refractivity contribution in [3.05, 3.63) is 0 Å². The number of ether oxygens (including phenoxy) is 6. The standard InChI is InChI=1S/C36H62O11.Mn/c1-10-34(31-20(3)16-26(43-31)28-19(2)15-21(4)36(41,18-37)46-28)12-11-27(44-34)33(8)13-14-35(47-33)17-25(38)22(5)30(45-35)23(6)29(42-9)24(7)32(39)40;/h19-31,37-38,41H,10-18H2,1-9H3,(H,39,40);/t19-,20-,21+,22+,23-,24-,25-,26+,27+,28-,29+,30-,31+,33-,34-,35+,36-;/m0./s1. The summed E-state index contributed by atoms with van der Waals surface area (Å²) in [6.45, 7) is 15.6. The summed E-state index contributed by atoms with van der Waals surface area (Å²) in [4.78, 5) is 11.8. The number of hydrogen-bond acceptors (Lipinski definition) is 10.